The molecule has 0 fully saturated rings. The Morgan fingerprint density at radius 3 is 2.36 bits per heavy atom. The average Bonchev–Trinajstić information content (AvgIpc) is 2.73. The van der Waals surface area contributed by atoms with Gasteiger partial charge in [-0.1, -0.05) is 42.5 Å². The van der Waals surface area contributed by atoms with Crippen LogP contribution in [0.5, 0.6) is 0 Å². The van der Waals surface area contributed by atoms with Gasteiger partial charge in [-0.2, -0.15) is 0 Å². The van der Waals surface area contributed by atoms with Crippen molar-refractivity contribution in [1.82, 2.24) is 19.9 Å². The molecule has 4 aromatic rings. The molecular weight excluding hydrogens is 350 g/mol. The minimum Gasteiger partial charge on any atom is -0.368 e. The molecule has 0 atom stereocenters. The zero-order valence-electron chi connectivity index (χ0n) is 15.6. The van der Waals surface area contributed by atoms with Crippen LogP contribution >= 0.6 is 0 Å². The van der Waals surface area contributed by atoms with E-state index in [0.29, 0.717) is 22.3 Å². The molecule has 2 aromatic heterocycles. The van der Waals surface area contributed by atoms with Gasteiger partial charge in [-0.15, -0.1) is 0 Å². The lowest BCUT2D eigenvalue weighted by Gasteiger charge is -2.12. The topological polar surface area (TPSA) is 85.0 Å². The van der Waals surface area contributed by atoms with Crippen molar-refractivity contribution in [2.45, 2.75) is 0 Å². The number of nitrogens with zero attached hydrogens (tertiary/aromatic N) is 4. The number of hydrogen-bond donors (Lipinski definition) is 1. The average molecular weight is 369 g/mol. The molecule has 0 saturated heterocycles. The van der Waals surface area contributed by atoms with Gasteiger partial charge < -0.3 is 10.6 Å². The van der Waals surface area contributed by atoms with E-state index in [2.05, 4.69) is 9.97 Å². The zero-order valence-corrected chi connectivity index (χ0v) is 15.6. The fraction of sp³-hybridized carbons (Fsp3) is 0.0909. The number of benzene rings is 2. The number of fused-ring (bicyclic) bond motifs is 1. The Hall–Kier alpha value is -3.80. The van der Waals surface area contributed by atoms with E-state index in [-0.39, 0.29) is 11.9 Å². The molecule has 0 bridgehead atoms. The van der Waals surface area contributed by atoms with Crippen LogP contribution in [-0.2, 0) is 0 Å². The van der Waals surface area contributed by atoms with Gasteiger partial charge in [-0.25, -0.2) is 15.0 Å². The first-order valence-electron chi connectivity index (χ1n) is 8.85. The number of nitrogens with two attached hydrogens (primary N) is 1. The van der Waals surface area contributed by atoms with Gasteiger partial charge in [-0.05, 0) is 24.3 Å². The van der Waals surface area contributed by atoms with Crippen LogP contribution in [-0.4, -0.2) is 39.9 Å². The number of anilines is 1. The fourth-order valence-corrected chi connectivity index (χ4v) is 3.06. The summed E-state index contributed by atoms with van der Waals surface area (Å²) in [4.78, 5) is 27.4. The molecule has 0 aliphatic carbocycles. The molecule has 2 aromatic carbocycles. The lowest BCUT2D eigenvalue weighted by Crippen LogP contribution is -2.21. The first kappa shape index (κ1) is 17.6. The lowest BCUT2D eigenvalue weighted by molar-refractivity contribution is 0.0827. The molecule has 0 aliphatic heterocycles. The maximum absolute atomic E-state index is 12.3. The largest absolute Gasteiger partial charge is 0.368 e. The molecule has 138 valence electrons. The maximum Gasteiger partial charge on any atom is 0.253 e. The van der Waals surface area contributed by atoms with Crippen molar-refractivity contribution in [3.8, 4) is 22.5 Å². The number of amides is 1. The van der Waals surface area contributed by atoms with Gasteiger partial charge in [0.1, 0.15) is 11.2 Å². The predicted octanol–water partition coefficient (Wildman–Crippen LogP) is 3.64. The molecule has 0 unspecified atom stereocenters. The van der Waals surface area contributed by atoms with Gasteiger partial charge in [0.25, 0.3) is 5.91 Å². The van der Waals surface area contributed by atoms with Crippen molar-refractivity contribution in [1.29, 1.82) is 0 Å². The third-order valence-electron chi connectivity index (χ3n) is 4.42. The highest BCUT2D eigenvalue weighted by Gasteiger charge is 2.13. The third kappa shape index (κ3) is 3.27. The van der Waals surface area contributed by atoms with Crippen molar-refractivity contribution in [2.24, 2.45) is 0 Å². The van der Waals surface area contributed by atoms with Crippen LogP contribution in [0.25, 0.3) is 33.5 Å². The summed E-state index contributed by atoms with van der Waals surface area (Å²) in [6, 6.07) is 20.9. The number of nitrogen functional groups attached to an aromatic ring is 1. The Balaban J connectivity index is 1.88. The molecule has 28 heavy (non-hydrogen) atoms. The predicted molar refractivity (Wildman–Crippen MR) is 111 cm³/mol. The van der Waals surface area contributed by atoms with Gasteiger partial charge in [0.15, 0.2) is 0 Å². The van der Waals surface area contributed by atoms with Crippen LogP contribution < -0.4 is 5.73 Å². The van der Waals surface area contributed by atoms with Crippen LogP contribution in [0.15, 0.2) is 66.7 Å². The molecule has 0 spiro atoms. The summed E-state index contributed by atoms with van der Waals surface area (Å²) in [7, 11) is 3.47. The summed E-state index contributed by atoms with van der Waals surface area (Å²) in [5.74, 6) is 0.156. The van der Waals surface area contributed by atoms with E-state index in [1.165, 1.54) is 0 Å². The summed E-state index contributed by atoms with van der Waals surface area (Å²) in [5, 5.41) is 0. The Bertz CT molecular complexity index is 1170. The Morgan fingerprint density at radius 2 is 1.61 bits per heavy atom. The van der Waals surface area contributed by atoms with Crippen molar-refractivity contribution in [2.75, 3.05) is 19.8 Å². The normalized spacial score (nSPS) is 10.8. The number of carbonyl (C=O) groups excluding carboxylic acids is 1. The summed E-state index contributed by atoms with van der Waals surface area (Å²) in [6.07, 6.45) is 0. The molecule has 4 rings (SSSR count). The van der Waals surface area contributed by atoms with Crippen LogP contribution in [0.1, 0.15) is 10.4 Å². The SMILES string of the molecule is CN(C)C(=O)c1cccc(-c2ccc3nc(N)nc(-c4ccccc4)c3n2)c1. The quantitative estimate of drug-likeness (QED) is 0.596. The second kappa shape index (κ2) is 7.08. The lowest BCUT2D eigenvalue weighted by atomic mass is 10.1. The van der Waals surface area contributed by atoms with Gasteiger partial charge >= 0.3 is 0 Å². The van der Waals surface area contributed by atoms with E-state index < -0.39 is 0 Å². The fourth-order valence-electron chi connectivity index (χ4n) is 3.06. The first-order valence-corrected chi connectivity index (χ1v) is 8.85. The molecule has 2 N–H and O–H groups in total. The molecular formula is C22H19N5O. The van der Waals surface area contributed by atoms with E-state index in [4.69, 9.17) is 10.7 Å². The molecule has 6 nitrogen and oxygen atoms in total. The van der Waals surface area contributed by atoms with Gasteiger partial charge in [-0.3, -0.25) is 4.79 Å². The van der Waals surface area contributed by atoms with Crippen molar-refractivity contribution in [3.63, 3.8) is 0 Å². The van der Waals surface area contributed by atoms with Crippen LogP contribution in [0.2, 0.25) is 0 Å². The van der Waals surface area contributed by atoms with E-state index in [1.54, 1.807) is 25.1 Å². The van der Waals surface area contributed by atoms with Crippen LogP contribution in [0.4, 0.5) is 5.95 Å². The number of hydrogen-bond acceptors (Lipinski definition) is 5. The maximum atomic E-state index is 12.3. The molecule has 0 aliphatic rings. The van der Waals surface area contributed by atoms with E-state index >= 15 is 0 Å². The smallest absolute Gasteiger partial charge is 0.253 e. The second-order valence-corrected chi connectivity index (χ2v) is 6.64. The van der Waals surface area contributed by atoms with Gasteiger partial charge in [0, 0.05) is 30.8 Å². The first-order chi connectivity index (χ1) is 13.5. The standard InChI is InChI=1S/C22H19N5O/c1-27(2)21(28)16-10-6-9-15(13-16)17-11-12-18-20(24-17)19(26-22(23)25-18)14-7-4-3-5-8-14/h3-13H,1-2H3,(H2,23,25,26). The summed E-state index contributed by atoms with van der Waals surface area (Å²) < 4.78 is 0. The Morgan fingerprint density at radius 1 is 0.857 bits per heavy atom. The van der Waals surface area contributed by atoms with Crippen molar-refractivity contribution < 1.29 is 4.79 Å². The molecule has 6 heteroatoms. The highest BCUT2D eigenvalue weighted by Crippen LogP contribution is 2.28. The Labute approximate surface area is 162 Å². The van der Waals surface area contributed by atoms with E-state index in [9.17, 15) is 4.79 Å². The minimum absolute atomic E-state index is 0.0521. The van der Waals surface area contributed by atoms with Gasteiger partial charge in [0.2, 0.25) is 5.95 Å². The molecule has 1 amide bonds. The number of rotatable bonds is 3. The van der Waals surface area contributed by atoms with Gasteiger partial charge in [0.05, 0.1) is 11.2 Å². The zero-order chi connectivity index (χ0) is 19.7. The van der Waals surface area contributed by atoms with Crippen LogP contribution in [0, 0.1) is 0 Å². The molecule has 2 heterocycles. The number of carbonyl (C=O) groups is 1. The minimum atomic E-state index is -0.0521. The van der Waals surface area contributed by atoms with E-state index in [0.717, 1.165) is 16.8 Å². The van der Waals surface area contributed by atoms with Crippen LogP contribution in [0.3, 0.4) is 0 Å². The summed E-state index contributed by atoms with van der Waals surface area (Å²) in [6.45, 7) is 0. The third-order valence-corrected chi connectivity index (χ3v) is 4.42. The molecule has 0 radical (unpaired) electrons. The van der Waals surface area contributed by atoms with Crippen molar-refractivity contribution >= 4 is 22.9 Å². The summed E-state index contributed by atoms with van der Waals surface area (Å²) >= 11 is 0. The highest BCUT2D eigenvalue weighted by atomic mass is 16.2. The highest BCUT2D eigenvalue weighted by molar-refractivity contribution is 5.95. The molecule has 0 saturated carbocycles. The number of pyridine rings is 1. The second-order valence-electron chi connectivity index (χ2n) is 6.64. The Kier molecular flexibility index (Phi) is 4.45. The summed E-state index contributed by atoms with van der Waals surface area (Å²) in [5.41, 5.74) is 11.1. The van der Waals surface area contributed by atoms with E-state index in [1.807, 2.05) is 60.7 Å². The van der Waals surface area contributed by atoms with Crippen molar-refractivity contribution in [3.05, 3.63) is 72.3 Å². The monoisotopic (exact) mass is 369 g/mol. The number of aromatic nitrogens is 3.